The van der Waals surface area contributed by atoms with E-state index in [1.54, 1.807) is 24.1 Å². The minimum absolute atomic E-state index is 0.168. The molecule has 0 bridgehead atoms. The summed E-state index contributed by atoms with van der Waals surface area (Å²) < 4.78 is 34.9. The Labute approximate surface area is 189 Å². The molecule has 0 fully saturated rings. The van der Waals surface area contributed by atoms with Crippen LogP contribution in [0.4, 0.5) is 14.6 Å². The number of aromatic nitrogens is 3. The number of hydrogen-bond acceptors (Lipinski definition) is 4. The van der Waals surface area contributed by atoms with Crippen LogP contribution < -0.4 is 9.64 Å². The molecule has 0 N–H and O–H groups in total. The van der Waals surface area contributed by atoms with Gasteiger partial charge in [0, 0.05) is 37.0 Å². The molecule has 6 nitrogen and oxygen atoms in total. The summed E-state index contributed by atoms with van der Waals surface area (Å²) in [5.74, 6) is -1.49. The van der Waals surface area contributed by atoms with E-state index in [0.717, 1.165) is 34.6 Å². The maximum absolute atomic E-state index is 14.3. The summed E-state index contributed by atoms with van der Waals surface area (Å²) in [5.41, 5.74) is 4.12. The van der Waals surface area contributed by atoms with E-state index in [-0.39, 0.29) is 18.3 Å². The Morgan fingerprint density at radius 2 is 1.94 bits per heavy atom. The molecule has 33 heavy (non-hydrogen) atoms. The molecule has 0 spiro atoms. The topological polar surface area (TPSA) is 60.3 Å². The number of hydrogen-bond donors (Lipinski definition) is 0. The van der Waals surface area contributed by atoms with Crippen molar-refractivity contribution in [1.29, 1.82) is 0 Å². The van der Waals surface area contributed by atoms with Crippen LogP contribution in [0.5, 0.6) is 5.75 Å². The van der Waals surface area contributed by atoms with Crippen LogP contribution in [0, 0.1) is 11.6 Å². The van der Waals surface area contributed by atoms with E-state index in [9.17, 15) is 13.6 Å². The second kappa shape index (κ2) is 8.46. The quantitative estimate of drug-likeness (QED) is 0.457. The maximum atomic E-state index is 14.3. The van der Waals surface area contributed by atoms with Gasteiger partial charge in [-0.1, -0.05) is 12.1 Å². The highest BCUT2D eigenvalue weighted by Crippen LogP contribution is 2.32. The number of pyridine rings is 1. The highest BCUT2D eigenvalue weighted by atomic mass is 19.1. The Hall–Kier alpha value is -4.07. The highest BCUT2D eigenvalue weighted by Gasteiger charge is 2.29. The van der Waals surface area contributed by atoms with E-state index in [0.29, 0.717) is 24.2 Å². The zero-order valence-electron chi connectivity index (χ0n) is 17.8. The molecule has 8 heteroatoms. The van der Waals surface area contributed by atoms with Gasteiger partial charge in [-0.05, 0) is 53.4 Å². The van der Waals surface area contributed by atoms with Gasteiger partial charge in [0.25, 0.3) is 5.91 Å². The second-order valence-electron chi connectivity index (χ2n) is 7.78. The SMILES string of the molecule is COc1cc2c(cc1Cc1ccc(-n3cccn3)cc1)C(=O)N(c1ncc(F)cc1F)CC2. The third-order valence-corrected chi connectivity index (χ3v) is 5.73. The number of halogens is 2. The fourth-order valence-electron chi connectivity index (χ4n) is 4.10. The summed E-state index contributed by atoms with van der Waals surface area (Å²) in [7, 11) is 1.60. The Morgan fingerprint density at radius 3 is 2.64 bits per heavy atom. The summed E-state index contributed by atoms with van der Waals surface area (Å²) in [5, 5.41) is 4.23. The number of benzene rings is 2. The average molecular weight is 446 g/mol. The van der Waals surface area contributed by atoms with Crippen molar-refractivity contribution in [1.82, 2.24) is 14.8 Å². The monoisotopic (exact) mass is 446 g/mol. The van der Waals surface area contributed by atoms with Crippen molar-refractivity contribution in [3.05, 3.63) is 101 Å². The van der Waals surface area contributed by atoms with Gasteiger partial charge in [-0.15, -0.1) is 0 Å². The largest absolute Gasteiger partial charge is 0.496 e. The van der Waals surface area contributed by atoms with Gasteiger partial charge in [0.2, 0.25) is 0 Å². The molecule has 2 aromatic carbocycles. The van der Waals surface area contributed by atoms with Gasteiger partial charge in [0.15, 0.2) is 11.6 Å². The van der Waals surface area contributed by atoms with Gasteiger partial charge in [-0.3, -0.25) is 9.69 Å². The number of nitrogens with zero attached hydrogens (tertiary/aromatic N) is 4. The lowest BCUT2D eigenvalue weighted by atomic mass is 9.93. The number of methoxy groups -OCH3 is 1. The Kier molecular flexibility index (Phi) is 5.34. The molecule has 0 aliphatic carbocycles. The third-order valence-electron chi connectivity index (χ3n) is 5.73. The van der Waals surface area contributed by atoms with Crippen molar-refractivity contribution in [2.24, 2.45) is 0 Å². The lowest BCUT2D eigenvalue weighted by Crippen LogP contribution is -2.39. The highest BCUT2D eigenvalue weighted by molar-refractivity contribution is 6.08. The summed E-state index contributed by atoms with van der Waals surface area (Å²) in [4.78, 5) is 18.3. The molecule has 0 radical (unpaired) electrons. The fourth-order valence-corrected chi connectivity index (χ4v) is 4.10. The Morgan fingerprint density at radius 1 is 1.12 bits per heavy atom. The van der Waals surface area contributed by atoms with Crippen molar-refractivity contribution in [3.8, 4) is 11.4 Å². The first-order chi connectivity index (χ1) is 16.0. The minimum Gasteiger partial charge on any atom is -0.496 e. The minimum atomic E-state index is -0.863. The van der Waals surface area contributed by atoms with Gasteiger partial charge in [-0.25, -0.2) is 18.4 Å². The van der Waals surface area contributed by atoms with Crippen molar-refractivity contribution >= 4 is 11.7 Å². The molecule has 3 heterocycles. The van der Waals surface area contributed by atoms with Crippen molar-refractivity contribution in [2.75, 3.05) is 18.6 Å². The van der Waals surface area contributed by atoms with Crippen molar-refractivity contribution in [3.63, 3.8) is 0 Å². The summed E-state index contributed by atoms with van der Waals surface area (Å²) >= 11 is 0. The Bertz CT molecular complexity index is 1320. The Balaban J connectivity index is 1.45. The van der Waals surface area contributed by atoms with Crippen LogP contribution in [-0.2, 0) is 12.8 Å². The molecule has 1 aliphatic rings. The fraction of sp³-hybridized carbons (Fsp3) is 0.160. The van der Waals surface area contributed by atoms with E-state index in [1.165, 1.54) is 4.90 Å². The average Bonchev–Trinajstić information content (AvgIpc) is 3.35. The maximum Gasteiger partial charge on any atom is 0.259 e. The van der Waals surface area contributed by atoms with E-state index in [1.807, 2.05) is 42.6 Å². The van der Waals surface area contributed by atoms with Crippen LogP contribution in [0.3, 0.4) is 0 Å². The molecule has 166 valence electrons. The van der Waals surface area contributed by atoms with Crippen LogP contribution >= 0.6 is 0 Å². The van der Waals surface area contributed by atoms with Crippen LogP contribution in [-0.4, -0.2) is 34.3 Å². The first kappa shape index (κ1) is 20.8. The van der Waals surface area contributed by atoms with Crippen molar-refractivity contribution < 1.29 is 18.3 Å². The smallest absolute Gasteiger partial charge is 0.259 e. The number of fused-ring (bicyclic) bond motifs is 1. The van der Waals surface area contributed by atoms with Crippen LogP contribution in [0.2, 0.25) is 0 Å². The van der Waals surface area contributed by atoms with Crippen molar-refractivity contribution in [2.45, 2.75) is 12.8 Å². The molecule has 5 rings (SSSR count). The summed E-state index contributed by atoms with van der Waals surface area (Å²) in [6.45, 7) is 0.249. The van der Waals surface area contributed by atoms with E-state index in [2.05, 4.69) is 10.1 Å². The van der Waals surface area contributed by atoms with Gasteiger partial charge in [0.05, 0.1) is 19.0 Å². The lowest BCUT2D eigenvalue weighted by molar-refractivity contribution is 0.0978. The van der Waals surface area contributed by atoms with E-state index < -0.39 is 11.6 Å². The van der Waals surface area contributed by atoms with Crippen LogP contribution in [0.25, 0.3) is 5.69 Å². The summed E-state index contributed by atoms with van der Waals surface area (Å²) in [6, 6.07) is 14.2. The number of carbonyl (C=O) groups is 1. The molecule has 1 aliphatic heterocycles. The number of amides is 1. The molecular formula is C25H20F2N4O2. The van der Waals surface area contributed by atoms with Gasteiger partial charge in [0.1, 0.15) is 11.6 Å². The van der Waals surface area contributed by atoms with Crippen LogP contribution in [0.1, 0.15) is 27.0 Å². The van der Waals surface area contributed by atoms with E-state index in [4.69, 9.17) is 4.74 Å². The van der Waals surface area contributed by atoms with Gasteiger partial charge < -0.3 is 4.74 Å². The second-order valence-corrected chi connectivity index (χ2v) is 7.78. The molecule has 0 atom stereocenters. The third kappa shape index (κ3) is 3.95. The normalized spacial score (nSPS) is 13.2. The predicted octanol–water partition coefficient (Wildman–Crippen LogP) is 4.35. The zero-order chi connectivity index (χ0) is 22.9. The first-order valence-corrected chi connectivity index (χ1v) is 10.4. The molecule has 0 unspecified atom stereocenters. The molecule has 4 aromatic rings. The number of rotatable bonds is 5. The van der Waals surface area contributed by atoms with E-state index >= 15 is 0 Å². The van der Waals surface area contributed by atoms with Crippen LogP contribution in [0.15, 0.2) is 67.1 Å². The first-order valence-electron chi connectivity index (χ1n) is 10.4. The number of carbonyl (C=O) groups excluding carboxylic acids is 1. The zero-order valence-corrected chi connectivity index (χ0v) is 17.8. The molecule has 0 saturated carbocycles. The number of anilines is 1. The molecular weight excluding hydrogens is 426 g/mol. The number of ether oxygens (including phenoxy) is 1. The standard InChI is InChI=1S/C25H20F2N4O2/c1-33-23-13-17-7-10-30(24-22(27)14-19(26)15-28-24)25(32)21(17)12-18(23)11-16-3-5-20(6-4-16)31-9-2-8-29-31/h2-6,8-9,12-15H,7,10-11H2,1H3. The van der Waals surface area contributed by atoms with Gasteiger partial charge >= 0.3 is 0 Å². The molecule has 1 amide bonds. The molecule has 0 saturated heterocycles. The predicted molar refractivity (Wildman–Crippen MR) is 119 cm³/mol. The lowest BCUT2D eigenvalue weighted by Gasteiger charge is -2.29. The summed E-state index contributed by atoms with van der Waals surface area (Å²) in [6.07, 6.45) is 5.56. The molecule has 2 aromatic heterocycles. The van der Waals surface area contributed by atoms with Gasteiger partial charge in [-0.2, -0.15) is 5.10 Å².